The van der Waals surface area contributed by atoms with Gasteiger partial charge >= 0.3 is 6.18 Å². The van der Waals surface area contributed by atoms with Gasteiger partial charge in [0.05, 0.1) is 24.6 Å². The van der Waals surface area contributed by atoms with Gasteiger partial charge in [0.15, 0.2) is 0 Å². The molecule has 0 aliphatic carbocycles. The largest absolute Gasteiger partial charge is 0.419 e. The normalized spacial score (nSPS) is 22.9. The average Bonchev–Trinajstić information content (AvgIpc) is 3.19. The lowest BCUT2D eigenvalue weighted by Gasteiger charge is -2.38. The Labute approximate surface area is 171 Å². The number of alkyl halides is 3. The van der Waals surface area contributed by atoms with Gasteiger partial charge in [0.1, 0.15) is 11.9 Å². The van der Waals surface area contributed by atoms with E-state index in [0.29, 0.717) is 44.3 Å². The molecule has 2 unspecified atom stereocenters. The van der Waals surface area contributed by atoms with E-state index < -0.39 is 23.8 Å². The van der Waals surface area contributed by atoms with Crippen molar-refractivity contribution in [3.8, 4) is 0 Å². The fourth-order valence-electron chi connectivity index (χ4n) is 3.95. The molecule has 8 nitrogen and oxygen atoms in total. The number of hydrogen-bond acceptors (Lipinski definition) is 7. The molecule has 2 aliphatic rings. The van der Waals surface area contributed by atoms with Gasteiger partial charge in [-0.15, -0.1) is 0 Å². The molecule has 2 saturated heterocycles. The fourth-order valence-corrected chi connectivity index (χ4v) is 3.95. The van der Waals surface area contributed by atoms with Crippen LogP contribution in [0.15, 0.2) is 22.9 Å². The molecule has 162 valence electrons. The molecule has 0 bridgehead atoms. The number of amides is 1. The first-order chi connectivity index (χ1) is 14.3. The maximum absolute atomic E-state index is 13.4. The molecule has 2 aliphatic heterocycles. The van der Waals surface area contributed by atoms with Crippen molar-refractivity contribution in [1.82, 2.24) is 20.0 Å². The minimum absolute atomic E-state index is 0.0993. The Morgan fingerprint density at radius 2 is 2.10 bits per heavy atom. The Balaban J connectivity index is 1.46. The van der Waals surface area contributed by atoms with Crippen molar-refractivity contribution in [3.63, 3.8) is 0 Å². The monoisotopic (exact) mass is 425 g/mol. The quantitative estimate of drug-likeness (QED) is 0.747. The van der Waals surface area contributed by atoms with Gasteiger partial charge in [-0.05, 0) is 25.0 Å². The first-order valence-corrected chi connectivity index (χ1v) is 9.80. The van der Waals surface area contributed by atoms with Crippen molar-refractivity contribution in [3.05, 3.63) is 35.6 Å². The van der Waals surface area contributed by atoms with Crippen LogP contribution in [0.25, 0.3) is 0 Å². The topological polar surface area (TPSA) is 84.6 Å². The molecule has 0 saturated carbocycles. The summed E-state index contributed by atoms with van der Waals surface area (Å²) in [4.78, 5) is 24.5. The highest BCUT2D eigenvalue weighted by Gasteiger charge is 2.38. The second kappa shape index (κ2) is 8.21. The number of pyridine rings is 1. The van der Waals surface area contributed by atoms with E-state index in [-0.39, 0.29) is 24.8 Å². The molecular weight excluding hydrogens is 403 g/mol. The molecule has 4 rings (SSSR count). The van der Waals surface area contributed by atoms with Crippen molar-refractivity contribution in [2.45, 2.75) is 32.0 Å². The number of halogens is 3. The molecule has 2 fully saturated rings. The summed E-state index contributed by atoms with van der Waals surface area (Å²) >= 11 is 0. The number of nitrogens with zero attached hydrogens (tertiary/aromatic N) is 5. The SMILES string of the molecule is Cc1nc(C2CN(C(=O)C3CCCN(c4ncccc4C(F)(F)F)C3)CCO2)no1. The zero-order chi connectivity index (χ0) is 21.3. The molecule has 0 radical (unpaired) electrons. The summed E-state index contributed by atoms with van der Waals surface area (Å²) in [5, 5.41) is 3.86. The summed E-state index contributed by atoms with van der Waals surface area (Å²) in [5.74, 6) is 0.171. The van der Waals surface area contributed by atoms with E-state index >= 15 is 0 Å². The van der Waals surface area contributed by atoms with Crippen molar-refractivity contribution >= 4 is 11.7 Å². The third kappa shape index (κ3) is 4.25. The number of rotatable bonds is 3. The van der Waals surface area contributed by atoms with Gasteiger partial charge in [-0.3, -0.25) is 4.79 Å². The van der Waals surface area contributed by atoms with Crippen molar-refractivity contribution in [1.29, 1.82) is 0 Å². The van der Waals surface area contributed by atoms with Gasteiger partial charge in [-0.2, -0.15) is 18.2 Å². The Kier molecular flexibility index (Phi) is 5.63. The van der Waals surface area contributed by atoms with Gasteiger partial charge in [0, 0.05) is 32.8 Å². The molecule has 0 N–H and O–H groups in total. The van der Waals surface area contributed by atoms with Crippen LogP contribution < -0.4 is 4.90 Å². The number of hydrogen-bond donors (Lipinski definition) is 0. The minimum atomic E-state index is -4.50. The number of morpholine rings is 1. The second-order valence-corrected chi connectivity index (χ2v) is 7.47. The standard InChI is InChI=1S/C19H22F3N5O3/c1-12-24-16(25-30-12)15-11-27(8-9-29-15)18(28)13-4-3-7-26(10-13)17-14(19(20,21)22)5-2-6-23-17/h2,5-6,13,15H,3-4,7-11H2,1H3. The molecule has 2 aromatic rings. The fraction of sp³-hybridized carbons (Fsp3) is 0.579. The van der Waals surface area contributed by atoms with Crippen molar-refractivity contribution in [2.24, 2.45) is 5.92 Å². The van der Waals surface area contributed by atoms with Crippen LogP contribution in [0.5, 0.6) is 0 Å². The summed E-state index contributed by atoms with van der Waals surface area (Å²) in [6, 6.07) is 2.29. The smallest absolute Gasteiger partial charge is 0.366 e. The Morgan fingerprint density at radius 1 is 1.27 bits per heavy atom. The molecule has 0 aromatic carbocycles. The van der Waals surface area contributed by atoms with Crippen LogP contribution in [-0.2, 0) is 15.7 Å². The van der Waals surface area contributed by atoms with E-state index in [1.54, 1.807) is 16.7 Å². The maximum Gasteiger partial charge on any atom is 0.419 e. The summed E-state index contributed by atoms with van der Waals surface area (Å²) < 4.78 is 50.8. The molecule has 1 amide bonds. The van der Waals surface area contributed by atoms with Crippen LogP contribution in [0.2, 0.25) is 0 Å². The Hall–Kier alpha value is -2.69. The number of aromatic nitrogens is 3. The number of carbonyl (C=O) groups is 1. The predicted molar refractivity (Wildman–Crippen MR) is 98.5 cm³/mol. The zero-order valence-corrected chi connectivity index (χ0v) is 16.4. The first kappa shape index (κ1) is 20.6. The third-order valence-corrected chi connectivity index (χ3v) is 5.37. The van der Waals surface area contributed by atoms with E-state index in [1.807, 2.05) is 0 Å². The van der Waals surface area contributed by atoms with Gasteiger partial charge in [-0.1, -0.05) is 5.16 Å². The highest BCUT2D eigenvalue weighted by atomic mass is 19.4. The Morgan fingerprint density at radius 3 is 2.83 bits per heavy atom. The number of ether oxygens (including phenoxy) is 1. The summed E-state index contributed by atoms with van der Waals surface area (Å²) in [7, 11) is 0. The van der Waals surface area contributed by atoms with Crippen LogP contribution >= 0.6 is 0 Å². The number of piperidine rings is 1. The Bertz CT molecular complexity index is 904. The number of carbonyl (C=O) groups excluding carboxylic acids is 1. The first-order valence-electron chi connectivity index (χ1n) is 9.80. The van der Waals surface area contributed by atoms with Crippen LogP contribution in [0, 0.1) is 12.8 Å². The van der Waals surface area contributed by atoms with Crippen molar-refractivity contribution in [2.75, 3.05) is 37.7 Å². The maximum atomic E-state index is 13.4. The highest BCUT2D eigenvalue weighted by molar-refractivity contribution is 5.80. The van der Waals surface area contributed by atoms with E-state index in [9.17, 15) is 18.0 Å². The lowest BCUT2D eigenvalue weighted by molar-refractivity contribution is -0.144. The van der Waals surface area contributed by atoms with E-state index in [2.05, 4.69) is 15.1 Å². The molecule has 30 heavy (non-hydrogen) atoms. The van der Waals surface area contributed by atoms with Gasteiger partial charge in [0.25, 0.3) is 0 Å². The second-order valence-electron chi connectivity index (χ2n) is 7.47. The van der Waals surface area contributed by atoms with E-state index in [0.717, 1.165) is 6.07 Å². The van der Waals surface area contributed by atoms with Crippen LogP contribution in [0.1, 0.15) is 36.2 Å². The lowest BCUT2D eigenvalue weighted by atomic mass is 9.95. The van der Waals surface area contributed by atoms with Crippen LogP contribution in [-0.4, -0.2) is 58.7 Å². The zero-order valence-electron chi connectivity index (χ0n) is 16.4. The molecule has 2 atom stereocenters. The summed E-state index contributed by atoms with van der Waals surface area (Å²) in [6.45, 7) is 3.33. The van der Waals surface area contributed by atoms with Gasteiger partial charge < -0.3 is 19.1 Å². The molecule has 4 heterocycles. The van der Waals surface area contributed by atoms with Crippen LogP contribution in [0.3, 0.4) is 0 Å². The van der Waals surface area contributed by atoms with Crippen LogP contribution in [0.4, 0.5) is 19.0 Å². The van der Waals surface area contributed by atoms with Gasteiger partial charge in [0.2, 0.25) is 17.6 Å². The summed E-state index contributed by atoms with van der Waals surface area (Å²) in [5.41, 5.74) is -0.781. The number of anilines is 1. The summed E-state index contributed by atoms with van der Waals surface area (Å²) in [6.07, 6.45) is -2.40. The molecule has 2 aromatic heterocycles. The average molecular weight is 425 g/mol. The minimum Gasteiger partial charge on any atom is -0.366 e. The lowest BCUT2D eigenvalue weighted by Crippen LogP contribution is -2.49. The van der Waals surface area contributed by atoms with Crippen molar-refractivity contribution < 1.29 is 27.2 Å². The van der Waals surface area contributed by atoms with E-state index in [1.165, 1.54) is 12.3 Å². The predicted octanol–water partition coefficient (Wildman–Crippen LogP) is 2.61. The third-order valence-electron chi connectivity index (χ3n) is 5.37. The van der Waals surface area contributed by atoms with Gasteiger partial charge in [-0.25, -0.2) is 4.98 Å². The molecular formula is C19H22F3N5O3. The molecule has 11 heteroatoms. The molecule has 0 spiro atoms. The van der Waals surface area contributed by atoms with E-state index in [4.69, 9.17) is 9.26 Å². The highest BCUT2D eigenvalue weighted by Crippen LogP contribution is 2.36. The number of aryl methyl sites for hydroxylation is 1.